The molecule has 0 radical (unpaired) electrons. The van der Waals surface area contributed by atoms with E-state index in [1.807, 2.05) is 30.0 Å². The Morgan fingerprint density at radius 2 is 2.17 bits per heavy atom. The molecule has 0 atom stereocenters. The number of benzene rings is 1. The summed E-state index contributed by atoms with van der Waals surface area (Å²) < 4.78 is 5.07. The van der Waals surface area contributed by atoms with Crippen LogP contribution in [0.3, 0.4) is 0 Å². The number of nitrogens with zero attached hydrogens (tertiary/aromatic N) is 1. The zero-order valence-electron chi connectivity index (χ0n) is 10.9. The van der Waals surface area contributed by atoms with Crippen LogP contribution >= 0.6 is 0 Å². The van der Waals surface area contributed by atoms with Crippen molar-refractivity contribution in [3.63, 3.8) is 0 Å². The summed E-state index contributed by atoms with van der Waals surface area (Å²) in [6.45, 7) is 3.73. The van der Waals surface area contributed by atoms with Gasteiger partial charge in [0.15, 0.2) is 0 Å². The van der Waals surface area contributed by atoms with Gasteiger partial charge in [-0.3, -0.25) is 5.41 Å². The molecule has 5 heteroatoms. The lowest BCUT2D eigenvalue weighted by atomic mass is 10.1. The zero-order chi connectivity index (χ0) is 13.5. The molecule has 0 heterocycles. The van der Waals surface area contributed by atoms with E-state index in [-0.39, 0.29) is 12.4 Å². The fraction of sp³-hybridized carbons (Fsp3) is 0.462. The van der Waals surface area contributed by atoms with Crippen molar-refractivity contribution in [2.75, 3.05) is 38.3 Å². The molecule has 1 rings (SSSR count). The number of methoxy groups -OCH3 is 1. The van der Waals surface area contributed by atoms with Gasteiger partial charge in [-0.05, 0) is 18.6 Å². The van der Waals surface area contributed by atoms with Crippen molar-refractivity contribution in [1.29, 1.82) is 5.41 Å². The second kappa shape index (κ2) is 6.98. The molecule has 100 valence electrons. The van der Waals surface area contributed by atoms with Crippen molar-refractivity contribution in [2.45, 2.75) is 6.92 Å². The molecule has 0 aliphatic heterocycles. The number of ether oxygens (including phenoxy) is 1. The van der Waals surface area contributed by atoms with Crippen LogP contribution in [0.15, 0.2) is 18.2 Å². The lowest BCUT2D eigenvalue weighted by Gasteiger charge is -2.27. The second-order valence-corrected chi connectivity index (χ2v) is 4.09. The third kappa shape index (κ3) is 3.45. The SMILES string of the molecule is COCCN(CCO)c1c(C)cccc1C(=N)N. The van der Waals surface area contributed by atoms with Gasteiger partial charge >= 0.3 is 0 Å². The van der Waals surface area contributed by atoms with Crippen molar-refractivity contribution in [3.8, 4) is 0 Å². The van der Waals surface area contributed by atoms with Gasteiger partial charge in [0, 0.05) is 25.8 Å². The molecule has 0 amide bonds. The monoisotopic (exact) mass is 251 g/mol. The fourth-order valence-corrected chi connectivity index (χ4v) is 1.95. The number of aliphatic hydroxyl groups excluding tert-OH is 1. The Labute approximate surface area is 108 Å². The Kier molecular flexibility index (Phi) is 5.61. The Bertz CT molecular complexity index is 407. The molecule has 1 aromatic rings. The molecule has 0 aliphatic carbocycles. The minimum atomic E-state index is 0.0362. The highest BCUT2D eigenvalue weighted by Gasteiger charge is 2.14. The Balaban J connectivity index is 3.12. The average Bonchev–Trinajstić information content (AvgIpc) is 2.34. The van der Waals surface area contributed by atoms with E-state index in [0.29, 0.717) is 25.3 Å². The van der Waals surface area contributed by atoms with Gasteiger partial charge in [0.1, 0.15) is 5.84 Å². The van der Waals surface area contributed by atoms with Crippen LogP contribution in [0.1, 0.15) is 11.1 Å². The Morgan fingerprint density at radius 3 is 2.72 bits per heavy atom. The van der Waals surface area contributed by atoms with Gasteiger partial charge in [0.25, 0.3) is 0 Å². The first-order valence-corrected chi connectivity index (χ1v) is 5.90. The van der Waals surface area contributed by atoms with E-state index in [9.17, 15) is 0 Å². The molecule has 18 heavy (non-hydrogen) atoms. The van der Waals surface area contributed by atoms with Gasteiger partial charge < -0.3 is 20.5 Å². The Morgan fingerprint density at radius 1 is 1.44 bits per heavy atom. The van der Waals surface area contributed by atoms with E-state index in [1.54, 1.807) is 7.11 Å². The third-order valence-corrected chi connectivity index (χ3v) is 2.78. The molecule has 0 saturated carbocycles. The molecule has 0 fully saturated rings. The molecule has 4 N–H and O–H groups in total. The number of nitrogens with two attached hydrogens (primary N) is 1. The molecule has 0 bridgehead atoms. The minimum absolute atomic E-state index is 0.0362. The van der Waals surface area contributed by atoms with Crippen molar-refractivity contribution >= 4 is 11.5 Å². The summed E-state index contributed by atoms with van der Waals surface area (Å²) >= 11 is 0. The standard InChI is InChI=1S/C13H21N3O2/c1-10-4-3-5-11(13(14)15)12(10)16(6-8-17)7-9-18-2/h3-5,17H,6-9H2,1-2H3,(H3,14,15). The topological polar surface area (TPSA) is 82.6 Å². The van der Waals surface area contributed by atoms with Crippen LogP contribution in [-0.2, 0) is 4.74 Å². The van der Waals surface area contributed by atoms with Crippen LogP contribution in [0.2, 0.25) is 0 Å². The van der Waals surface area contributed by atoms with E-state index in [1.165, 1.54) is 0 Å². The number of hydrogen-bond acceptors (Lipinski definition) is 4. The molecule has 0 aliphatic rings. The number of nitrogen functional groups attached to an aromatic ring is 1. The first-order valence-electron chi connectivity index (χ1n) is 5.90. The summed E-state index contributed by atoms with van der Waals surface area (Å²) in [7, 11) is 1.64. The summed E-state index contributed by atoms with van der Waals surface area (Å²) in [5, 5.41) is 16.8. The van der Waals surface area contributed by atoms with Gasteiger partial charge in [0.05, 0.1) is 18.9 Å². The number of nitrogens with one attached hydrogen (secondary N) is 1. The highest BCUT2D eigenvalue weighted by Crippen LogP contribution is 2.24. The second-order valence-electron chi connectivity index (χ2n) is 4.09. The molecule has 0 aromatic heterocycles. The molecular formula is C13H21N3O2. The maximum absolute atomic E-state index is 9.15. The smallest absolute Gasteiger partial charge is 0.124 e. The van der Waals surface area contributed by atoms with E-state index < -0.39 is 0 Å². The third-order valence-electron chi connectivity index (χ3n) is 2.78. The molecular weight excluding hydrogens is 230 g/mol. The number of aliphatic hydroxyl groups is 1. The maximum atomic E-state index is 9.15. The highest BCUT2D eigenvalue weighted by atomic mass is 16.5. The summed E-state index contributed by atoms with van der Waals surface area (Å²) in [6, 6.07) is 5.67. The molecule has 0 saturated heterocycles. The zero-order valence-corrected chi connectivity index (χ0v) is 10.9. The van der Waals surface area contributed by atoms with Gasteiger partial charge in [0.2, 0.25) is 0 Å². The first kappa shape index (κ1) is 14.5. The largest absolute Gasteiger partial charge is 0.395 e. The fourth-order valence-electron chi connectivity index (χ4n) is 1.95. The van der Waals surface area contributed by atoms with Crippen LogP contribution in [-0.4, -0.2) is 44.4 Å². The molecule has 1 aromatic carbocycles. The average molecular weight is 251 g/mol. The number of para-hydroxylation sites is 1. The molecule has 5 nitrogen and oxygen atoms in total. The van der Waals surface area contributed by atoms with Gasteiger partial charge in [-0.1, -0.05) is 12.1 Å². The predicted molar refractivity (Wildman–Crippen MR) is 73.4 cm³/mol. The van der Waals surface area contributed by atoms with Crippen LogP contribution in [0.5, 0.6) is 0 Å². The van der Waals surface area contributed by atoms with Crippen molar-refractivity contribution in [1.82, 2.24) is 0 Å². The summed E-state index contributed by atoms with van der Waals surface area (Å²) in [5.74, 6) is 0.0362. The quantitative estimate of drug-likeness (QED) is 0.492. The summed E-state index contributed by atoms with van der Waals surface area (Å²) in [6.07, 6.45) is 0. The molecule has 0 unspecified atom stereocenters. The number of aryl methyl sites for hydroxylation is 1. The van der Waals surface area contributed by atoms with Gasteiger partial charge in [-0.15, -0.1) is 0 Å². The van der Waals surface area contributed by atoms with Crippen molar-refractivity contribution < 1.29 is 9.84 Å². The van der Waals surface area contributed by atoms with E-state index >= 15 is 0 Å². The molecule has 0 spiro atoms. The lowest BCUT2D eigenvalue weighted by molar-refractivity contribution is 0.203. The van der Waals surface area contributed by atoms with E-state index in [0.717, 1.165) is 11.3 Å². The first-order chi connectivity index (χ1) is 8.61. The number of rotatable bonds is 7. The Hall–Kier alpha value is -1.59. The van der Waals surface area contributed by atoms with E-state index in [2.05, 4.69) is 0 Å². The number of hydrogen-bond donors (Lipinski definition) is 3. The minimum Gasteiger partial charge on any atom is -0.395 e. The van der Waals surface area contributed by atoms with Crippen molar-refractivity contribution in [2.24, 2.45) is 5.73 Å². The van der Waals surface area contributed by atoms with E-state index in [4.69, 9.17) is 21.0 Å². The van der Waals surface area contributed by atoms with Gasteiger partial charge in [-0.25, -0.2) is 0 Å². The predicted octanol–water partition coefficient (Wildman–Crippen LogP) is 0.724. The maximum Gasteiger partial charge on any atom is 0.124 e. The van der Waals surface area contributed by atoms with Crippen LogP contribution < -0.4 is 10.6 Å². The summed E-state index contributed by atoms with van der Waals surface area (Å²) in [5.41, 5.74) is 8.24. The summed E-state index contributed by atoms with van der Waals surface area (Å²) in [4.78, 5) is 2.00. The van der Waals surface area contributed by atoms with Crippen LogP contribution in [0.4, 0.5) is 5.69 Å². The van der Waals surface area contributed by atoms with Crippen LogP contribution in [0, 0.1) is 12.3 Å². The van der Waals surface area contributed by atoms with Crippen LogP contribution in [0.25, 0.3) is 0 Å². The highest BCUT2D eigenvalue weighted by molar-refractivity contribution is 6.01. The van der Waals surface area contributed by atoms with Crippen molar-refractivity contribution in [3.05, 3.63) is 29.3 Å². The van der Waals surface area contributed by atoms with Gasteiger partial charge in [-0.2, -0.15) is 0 Å². The number of anilines is 1. The normalized spacial score (nSPS) is 10.4. The number of amidine groups is 1. The lowest BCUT2D eigenvalue weighted by Crippen LogP contribution is -2.33.